The third-order valence-corrected chi connectivity index (χ3v) is 4.11. The lowest BCUT2D eigenvalue weighted by molar-refractivity contribution is 0.122. The Balaban J connectivity index is 1.95. The second-order valence-corrected chi connectivity index (χ2v) is 5.19. The van der Waals surface area contributed by atoms with Gasteiger partial charge in [0.1, 0.15) is 5.82 Å². The molecule has 2 heterocycles. The number of alkyl halides is 1. The lowest BCUT2D eigenvalue weighted by atomic mass is 10.1. The Morgan fingerprint density at radius 2 is 2.00 bits per heavy atom. The predicted molar refractivity (Wildman–Crippen MR) is 82.5 cm³/mol. The molecular weight excluding hydrogens is 339 g/mol. The highest BCUT2D eigenvalue weighted by atomic mass is 127. The number of rotatable bonds is 2. The van der Waals surface area contributed by atoms with Gasteiger partial charge in [0.05, 0.1) is 18.7 Å². The lowest BCUT2D eigenvalue weighted by Crippen LogP contribution is -2.36. The summed E-state index contributed by atoms with van der Waals surface area (Å²) in [7, 11) is 0. The van der Waals surface area contributed by atoms with Crippen LogP contribution in [0.15, 0.2) is 30.3 Å². The average Bonchev–Trinajstić information content (AvgIpc) is 2.47. The minimum atomic E-state index is 0.799. The molecule has 1 aromatic heterocycles. The fourth-order valence-electron chi connectivity index (χ4n) is 2.22. The van der Waals surface area contributed by atoms with E-state index in [-0.39, 0.29) is 0 Å². The fraction of sp³-hybridized carbons (Fsp3) is 0.357. The van der Waals surface area contributed by atoms with Gasteiger partial charge in [-0.25, -0.2) is 4.98 Å². The van der Waals surface area contributed by atoms with Crippen LogP contribution in [0.5, 0.6) is 0 Å². The summed E-state index contributed by atoms with van der Waals surface area (Å²) in [6.07, 6.45) is 0. The average molecular weight is 354 g/mol. The minimum Gasteiger partial charge on any atom is -0.378 e. The quantitative estimate of drug-likeness (QED) is 0.613. The van der Waals surface area contributed by atoms with Gasteiger partial charge in [-0.15, -0.1) is 0 Å². The van der Waals surface area contributed by atoms with Crippen LogP contribution in [0, 0.1) is 0 Å². The molecule has 1 fully saturated rings. The Morgan fingerprint density at radius 3 is 2.78 bits per heavy atom. The Bertz CT molecular complexity index is 552. The highest BCUT2D eigenvalue weighted by Gasteiger charge is 2.12. The first kappa shape index (κ1) is 12.2. The first-order valence-electron chi connectivity index (χ1n) is 6.15. The van der Waals surface area contributed by atoms with Crippen LogP contribution in [0.25, 0.3) is 10.9 Å². The van der Waals surface area contributed by atoms with Crippen molar-refractivity contribution in [2.75, 3.05) is 31.2 Å². The van der Waals surface area contributed by atoms with Gasteiger partial charge >= 0.3 is 0 Å². The smallest absolute Gasteiger partial charge is 0.129 e. The van der Waals surface area contributed by atoms with Crippen molar-refractivity contribution in [2.24, 2.45) is 0 Å². The molecule has 0 saturated carbocycles. The summed E-state index contributed by atoms with van der Waals surface area (Å²) in [6.45, 7) is 3.47. The maximum atomic E-state index is 5.37. The van der Waals surface area contributed by atoms with Crippen molar-refractivity contribution in [1.82, 2.24) is 4.98 Å². The number of hydrogen-bond donors (Lipinski definition) is 0. The van der Waals surface area contributed by atoms with E-state index in [1.807, 2.05) is 0 Å². The molecule has 0 amide bonds. The number of benzene rings is 1. The molecule has 1 aliphatic rings. The van der Waals surface area contributed by atoms with Crippen molar-refractivity contribution in [3.8, 4) is 0 Å². The van der Waals surface area contributed by atoms with Crippen molar-refractivity contribution in [3.05, 3.63) is 35.9 Å². The van der Waals surface area contributed by atoms with E-state index in [0.29, 0.717) is 0 Å². The zero-order valence-electron chi connectivity index (χ0n) is 10.1. The Morgan fingerprint density at radius 1 is 1.17 bits per heavy atom. The molecule has 0 radical (unpaired) electrons. The molecule has 0 spiro atoms. The van der Waals surface area contributed by atoms with E-state index in [2.05, 4.69) is 57.8 Å². The number of halogens is 1. The van der Waals surface area contributed by atoms with Crippen LogP contribution in [0.1, 0.15) is 5.56 Å². The van der Waals surface area contributed by atoms with Crippen LogP contribution in [-0.2, 0) is 9.16 Å². The highest BCUT2D eigenvalue weighted by Crippen LogP contribution is 2.21. The van der Waals surface area contributed by atoms with Crippen LogP contribution in [0.4, 0.5) is 5.82 Å². The van der Waals surface area contributed by atoms with Crippen molar-refractivity contribution >= 4 is 39.3 Å². The van der Waals surface area contributed by atoms with Crippen LogP contribution in [0.3, 0.4) is 0 Å². The number of pyridine rings is 1. The largest absolute Gasteiger partial charge is 0.378 e. The van der Waals surface area contributed by atoms with Crippen molar-refractivity contribution in [3.63, 3.8) is 0 Å². The van der Waals surface area contributed by atoms with Gasteiger partial charge in [-0.1, -0.05) is 28.7 Å². The zero-order valence-corrected chi connectivity index (χ0v) is 12.3. The van der Waals surface area contributed by atoms with E-state index in [1.165, 1.54) is 10.9 Å². The SMILES string of the molecule is ICc1ccc2nc(N3CCOCC3)ccc2c1. The topological polar surface area (TPSA) is 25.4 Å². The van der Waals surface area contributed by atoms with Crippen molar-refractivity contribution < 1.29 is 4.74 Å². The highest BCUT2D eigenvalue weighted by molar-refractivity contribution is 14.1. The molecule has 0 aliphatic carbocycles. The molecule has 18 heavy (non-hydrogen) atoms. The molecule has 4 heteroatoms. The summed E-state index contributed by atoms with van der Waals surface area (Å²) in [5, 5.41) is 1.22. The molecule has 0 atom stereocenters. The van der Waals surface area contributed by atoms with Gasteiger partial charge in [0.25, 0.3) is 0 Å². The maximum Gasteiger partial charge on any atom is 0.129 e. The van der Waals surface area contributed by atoms with Gasteiger partial charge in [0.2, 0.25) is 0 Å². The summed E-state index contributed by atoms with van der Waals surface area (Å²) in [5.74, 6) is 1.06. The Labute approximate surface area is 120 Å². The summed E-state index contributed by atoms with van der Waals surface area (Å²) in [4.78, 5) is 7.03. The van der Waals surface area contributed by atoms with E-state index in [4.69, 9.17) is 9.72 Å². The van der Waals surface area contributed by atoms with E-state index in [0.717, 1.165) is 42.1 Å². The normalized spacial score (nSPS) is 16.2. The summed E-state index contributed by atoms with van der Waals surface area (Å²) < 4.78 is 6.41. The van der Waals surface area contributed by atoms with E-state index in [9.17, 15) is 0 Å². The summed E-state index contributed by atoms with van der Waals surface area (Å²) >= 11 is 2.39. The van der Waals surface area contributed by atoms with Crippen LogP contribution >= 0.6 is 22.6 Å². The Hall–Kier alpha value is -0.880. The predicted octanol–water partition coefficient (Wildman–Crippen LogP) is 3.01. The van der Waals surface area contributed by atoms with Gasteiger partial charge in [-0.3, -0.25) is 0 Å². The molecule has 1 saturated heterocycles. The summed E-state index contributed by atoms with van der Waals surface area (Å²) in [6, 6.07) is 10.8. The van der Waals surface area contributed by atoms with E-state index < -0.39 is 0 Å². The molecular formula is C14H15IN2O. The second kappa shape index (κ2) is 5.40. The minimum absolute atomic E-state index is 0.799. The number of ether oxygens (including phenoxy) is 1. The first-order valence-corrected chi connectivity index (χ1v) is 7.68. The molecule has 1 aliphatic heterocycles. The van der Waals surface area contributed by atoms with Gasteiger partial charge in [0.15, 0.2) is 0 Å². The van der Waals surface area contributed by atoms with Crippen molar-refractivity contribution in [1.29, 1.82) is 0 Å². The van der Waals surface area contributed by atoms with Crippen LogP contribution in [-0.4, -0.2) is 31.3 Å². The molecule has 1 aromatic carbocycles. The first-order chi connectivity index (χ1) is 8.86. The van der Waals surface area contributed by atoms with Crippen LogP contribution < -0.4 is 4.90 Å². The number of fused-ring (bicyclic) bond motifs is 1. The van der Waals surface area contributed by atoms with E-state index in [1.54, 1.807) is 0 Å². The zero-order chi connectivity index (χ0) is 12.4. The molecule has 3 rings (SSSR count). The Kier molecular flexibility index (Phi) is 3.65. The molecule has 0 N–H and O–H groups in total. The van der Waals surface area contributed by atoms with E-state index >= 15 is 0 Å². The molecule has 94 valence electrons. The number of morpholine rings is 1. The second-order valence-electron chi connectivity index (χ2n) is 4.43. The fourth-order valence-corrected chi connectivity index (χ4v) is 2.69. The van der Waals surface area contributed by atoms with Gasteiger partial charge in [-0.05, 0) is 29.8 Å². The molecule has 0 unspecified atom stereocenters. The van der Waals surface area contributed by atoms with Gasteiger partial charge < -0.3 is 9.64 Å². The van der Waals surface area contributed by atoms with Crippen LogP contribution in [0.2, 0.25) is 0 Å². The maximum absolute atomic E-state index is 5.37. The number of aromatic nitrogens is 1. The number of nitrogens with zero attached hydrogens (tertiary/aromatic N) is 2. The van der Waals surface area contributed by atoms with Gasteiger partial charge in [0, 0.05) is 22.9 Å². The molecule has 2 aromatic rings. The standard InChI is InChI=1S/C14H15IN2O/c15-10-11-1-3-13-12(9-11)2-4-14(16-13)17-5-7-18-8-6-17/h1-4,9H,5-8,10H2. The van der Waals surface area contributed by atoms with Crippen molar-refractivity contribution in [2.45, 2.75) is 4.43 Å². The number of anilines is 1. The molecule has 3 nitrogen and oxygen atoms in total. The third-order valence-electron chi connectivity index (χ3n) is 3.23. The molecule has 0 bridgehead atoms. The summed E-state index contributed by atoms with van der Waals surface area (Å²) in [5.41, 5.74) is 2.43. The lowest BCUT2D eigenvalue weighted by Gasteiger charge is -2.27. The third kappa shape index (κ3) is 2.44. The number of hydrogen-bond acceptors (Lipinski definition) is 3. The monoisotopic (exact) mass is 354 g/mol. The van der Waals surface area contributed by atoms with Gasteiger partial charge in [-0.2, -0.15) is 0 Å².